The van der Waals surface area contributed by atoms with Crippen LogP contribution in [0.25, 0.3) is 0 Å². The summed E-state index contributed by atoms with van der Waals surface area (Å²) in [6.45, 7) is 7.19. The lowest BCUT2D eigenvalue weighted by Crippen LogP contribution is -2.87. The van der Waals surface area contributed by atoms with Crippen LogP contribution in [0.1, 0.15) is 71.6 Å². The van der Waals surface area contributed by atoms with Crippen LogP contribution in [0, 0.1) is 5.92 Å². The smallest absolute Gasteiger partial charge is 0.350 e. The Morgan fingerprint density at radius 3 is 2.61 bits per heavy atom. The van der Waals surface area contributed by atoms with Crippen LogP contribution in [0.3, 0.4) is 0 Å². The van der Waals surface area contributed by atoms with Gasteiger partial charge >= 0.3 is 5.90 Å². The molecule has 1 saturated carbocycles. The topological polar surface area (TPSA) is 69.8 Å². The molecule has 4 atom stereocenters. The van der Waals surface area contributed by atoms with Gasteiger partial charge in [0.2, 0.25) is 6.04 Å². The maximum atomic E-state index is 13.8. The first kappa shape index (κ1) is 21.6. The van der Waals surface area contributed by atoms with Crippen molar-refractivity contribution in [1.29, 1.82) is 0 Å². The number of nitrogens with zero attached hydrogens (tertiary/aromatic N) is 2. The summed E-state index contributed by atoms with van der Waals surface area (Å²) in [5.74, 6) is 0.723. The zero-order valence-electron chi connectivity index (χ0n) is 18.1. The molecule has 2 saturated heterocycles. The average Bonchev–Trinajstić information content (AvgIpc) is 3.18. The van der Waals surface area contributed by atoms with Crippen molar-refractivity contribution in [3.8, 4) is 0 Å². The summed E-state index contributed by atoms with van der Waals surface area (Å²) in [7, 11) is 1.83. The lowest BCUT2D eigenvalue weighted by atomic mass is 9.83. The lowest BCUT2D eigenvalue weighted by molar-refractivity contribution is -0.510. The normalized spacial score (nSPS) is 29.5. The van der Waals surface area contributed by atoms with Gasteiger partial charge in [0.25, 0.3) is 5.91 Å². The van der Waals surface area contributed by atoms with Gasteiger partial charge in [0.05, 0.1) is 0 Å². The zero-order valence-corrected chi connectivity index (χ0v) is 18.1. The van der Waals surface area contributed by atoms with E-state index in [9.17, 15) is 9.90 Å². The minimum absolute atomic E-state index is 0.169. The third-order valence-corrected chi connectivity index (χ3v) is 7.23. The Hall–Kier alpha value is -1.14. The molecular formula is C22H41N4O2+. The molecule has 160 valence electrons. The van der Waals surface area contributed by atoms with Gasteiger partial charge < -0.3 is 15.3 Å². The highest BCUT2D eigenvalue weighted by atomic mass is 16.3. The average molecular weight is 394 g/mol. The van der Waals surface area contributed by atoms with Crippen LogP contribution in [0.4, 0.5) is 0 Å². The molecule has 0 bridgehead atoms. The molecule has 6 heteroatoms. The number of rotatable bonds is 7. The fraction of sp³-hybridized carbons (Fsp3) is 0.909. The molecule has 3 rings (SSSR count). The summed E-state index contributed by atoms with van der Waals surface area (Å²) in [6.07, 6.45) is 10.4. The van der Waals surface area contributed by atoms with Gasteiger partial charge in [-0.2, -0.15) is 0 Å². The molecule has 0 aromatic heterocycles. The van der Waals surface area contributed by atoms with Crippen molar-refractivity contribution in [2.24, 2.45) is 5.92 Å². The maximum absolute atomic E-state index is 13.8. The van der Waals surface area contributed by atoms with Crippen LogP contribution in [0.2, 0.25) is 0 Å². The molecule has 3 N–H and O–H groups in total. The molecule has 0 aromatic carbocycles. The van der Waals surface area contributed by atoms with E-state index < -0.39 is 0 Å². The number of carbonyl (C=O) groups excluding carboxylic acids is 1. The van der Waals surface area contributed by atoms with E-state index in [2.05, 4.69) is 27.0 Å². The van der Waals surface area contributed by atoms with Gasteiger partial charge in [-0.25, -0.2) is 4.99 Å². The summed E-state index contributed by atoms with van der Waals surface area (Å²) in [5.41, 5.74) is 0. The fourth-order valence-electron chi connectivity index (χ4n) is 5.39. The third-order valence-electron chi connectivity index (χ3n) is 7.23. The molecule has 0 aromatic rings. The highest BCUT2D eigenvalue weighted by molar-refractivity contribution is 5.83. The summed E-state index contributed by atoms with van der Waals surface area (Å²) in [4.78, 5) is 21.9. The molecule has 1 aliphatic carbocycles. The summed E-state index contributed by atoms with van der Waals surface area (Å²) in [6, 6.07) is 0.363. The Morgan fingerprint density at radius 2 is 1.93 bits per heavy atom. The molecule has 3 fully saturated rings. The van der Waals surface area contributed by atoms with Crippen molar-refractivity contribution >= 4 is 11.8 Å². The van der Waals surface area contributed by atoms with E-state index >= 15 is 0 Å². The maximum Gasteiger partial charge on any atom is 0.350 e. The second-order valence-electron chi connectivity index (χ2n) is 9.14. The van der Waals surface area contributed by atoms with Crippen LogP contribution < -0.4 is 10.3 Å². The molecule has 0 radical (unpaired) electrons. The fourth-order valence-corrected chi connectivity index (χ4v) is 5.39. The van der Waals surface area contributed by atoms with Crippen LogP contribution >= 0.6 is 0 Å². The number of aliphatic hydroxyl groups is 1. The predicted molar refractivity (Wildman–Crippen MR) is 112 cm³/mol. The van der Waals surface area contributed by atoms with Gasteiger partial charge in [0.15, 0.2) is 0 Å². The zero-order chi connectivity index (χ0) is 20.1. The number of hydrogen-bond donors (Lipinski definition) is 3. The van der Waals surface area contributed by atoms with E-state index in [1.165, 1.54) is 38.6 Å². The number of piperazine rings is 1. The Balaban J connectivity index is 1.83. The number of carbonyl (C=O) groups is 1. The van der Waals surface area contributed by atoms with E-state index in [0.717, 1.165) is 38.8 Å². The van der Waals surface area contributed by atoms with Gasteiger partial charge in [0, 0.05) is 31.1 Å². The number of fused-ring (bicyclic) bond motifs is 1. The standard InChI is InChI=1S/C22H40N4O2/c1-4-9-19-14-25-13-8-12-18(25)15-26(19)22(28)20(17-10-6-5-7-11-17)24-21(27)16(2)23-3/h16-20,23H,4-15H2,1-3H3,(H,24,27)/p+1/t16-,18+,19+,20-/m0/s1. The first-order chi connectivity index (χ1) is 13.5. The molecule has 0 spiro atoms. The van der Waals surface area contributed by atoms with Gasteiger partial charge in [-0.05, 0) is 52.6 Å². The Bertz CT molecular complexity index is 547. The monoisotopic (exact) mass is 393 g/mol. The third kappa shape index (κ3) is 4.88. The Kier molecular flexibility index (Phi) is 7.75. The number of aliphatic hydroxyl groups excluding tert-OH is 1. The highest BCUT2D eigenvalue weighted by Gasteiger charge is 2.44. The van der Waals surface area contributed by atoms with Crippen molar-refractivity contribution in [1.82, 2.24) is 15.1 Å². The van der Waals surface area contributed by atoms with E-state index in [4.69, 9.17) is 0 Å². The minimum atomic E-state index is -0.302. The van der Waals surface area contributed by atoms with Crippen molar-refractivity contribution in [2.75, 3.05) is 26.7 Å². The van der Waals surface area contributed by atoms with Crippen molar-refractivity contribution in [3.05, 3.63) is 0 Å². The Labute approximate surface area is 170 Å². The minimum Gasteiger partial charge on any atom is -0.462 e. The lowest BCUT2D eigenvalue weighted by Gasteiger charge is -2.44. The summed E-state index contributed by atoms with van der Waals surface area (Å²) >= 11 is 0. The van der Waals surface area contributed by atoms with E-state index in [-0.39, 0.29) is 23.9 Å². The predicted octanol–water partition coefficient (Wildman–Crippen LogP) is 1.06. The van der Waals surface area contributed by atoms with Crippen molar-refractivity contribution in [2.45, 2.75) is 95.8 Å². The largest absolute Gasteiger partial charge is 0.462 e. The number of nitrogens with one attached hydrogen (secondary N) is 2. The van der Waals surface area contributed by atoms with Gasteiger partial charge in [-0.15, -0.1) is 0 Å². The molecular weight excluding hydrogens is 352 g/mol. The highest BCUT2D eigenvalue weighted by Crippen LogP contribution is 2.30. The van der Waals surface area contributed by atoms with Crippen LogP contribution in [0.5, 0.6) is 0 Å². The SMILES string of the molecule is CCC[C@@H]1CN2CCC[C@@H]2CN1C(=O)[C@@H]([NH+]=C(O)[C@H](C)NC)C1CCCCC1. The molecule has 6 nitrogen and oxygen atoms in total. The van der Waals surface area contributed by atoms with Gasteiger partial charge in [-0.1, -0.05) is 32.6 Å². The summed E-state index contributed by atoms with van der Waals surface area (Å²) in [5, 5.41) is 13.6. The second-order valence-corrected chi connectivity index (χ2v) is 9.14. The van der Waals surface area contributed by atoms with Gasteiger partial charge in [-0.3, -0.25) is 9.69 Å². The van der Waals surface area contributed by atoms with Crippen LogP contribution in [0.15, 0.2) is 0 Å². The molecule has 2 heterocycles. The molecule has 0 unspecified atom stereocenters. The Morgan fingerprint density at radius 1 is 1.18 bits per heavy atom. The number of likely N-dealkylation sites (N-methyl/N-ethyl adjacent to an activating group) is 1. The van der Waals surface area contributed by atoms with Crippen LogP contribution in [-0.4, -0.2) is 77.6 Å². The van der Waals surface area contributed by atoms with Crippen LogP contribution in [-0.2, 0) is 4.79 Å². The quantitative estimate of drug-likeness (QED) is 0.447. The molecule has 1 amide bonds. The van der Waals surface area contributed by atoms with Crippen molar-refractivity contribution < 1.29 is 14.9 Å². The first-order valence-corrected chi connectivity index (χ1v) is 11.6. The number of amides is 1. The number of hydrogen-bond acceptors (Lipinski definition) is 3. The van der Waals surface area contributed by atoms with E-state index in [1.807, 2.05) is 14.0 Å². The second kappa shape index (κ2) is 10.1. The van der Waals surface area contributed by atoms with E-state index in [1.54, 1.807) is 0 Å². The molecule has 3 aliphatic rings. The molecule has 2 aliphatic heterocycles. The van der Waals surface area contributed by atoms with Gasteiger partial charge in [0.1, 0.15) is 6.04 Å². The van der Waals surface area contributed by atoms with Crippen molar-refractivity contribution in [3.63, 3.8) is 0 Å². The summed E-state index contributed by atoms with van der Waals surface area (Å²) < 4.78 is 0. The first-order valence-electron chi connectivity index (χ1n) is 11.6. The molecule has 28 heavy (non-hydrogen) atoms. The van der Waals surface area contributed by atoms with E-state index in [0.29, 0.717) is 18.0 Å².